The second-order valence-corrected chi connectivity index (χ2v) is 12.0. The van der Waals surface area contributed by atoms with Gasteiger partial charge >= 0.3 is 5.97 Å². The molecule has 0 fully saturated rings. The summed E-state index contributed by atoms with van der Waals surface area (Å²) in [5, 5.41) is 0. The van der Waals surface area contributed by atoms with Crippen LogP contribution in [0.4, 0.5) is 0 Å². The van der Waals surface area contributed by atoms with Gasteiger partial charge in [0.1, 0.15) is 12.9 Å². The van der Waals surface area contributed by atoms with Gasteiger partial charge in [0.05, 0.1) is 0 Å². The molecular formula is C36H68N2O3. The van der Waals surface area contributed by atoms with E-state index in [0.29, 0.717) is 19.4 Å². The molecule has 0 bridgehead atoms. The number of allylic oxidation sites excluding steroid dienone is 4. The minimum absolute atomic E-state index is 0.0601. The molecule has 0 aromatic carbocycles. The Morgan fingerprint density at radius 3 is 1.63 bits per heavy atom. The van der Waals surface area contributed by atoms with Crippen LogP contribution in [-0.2, 0) is 14.3 Å². The van der Waals surface area contributed by atoms with Crippen molar-refractivity contribution in [2.75, 3.05) is 46.9 Å². The Morgan fingerprint density at radius 1 is 0.585 bits per heavy atom. The molecule has 240 valence electrons. The molecule has 0 atom stereocenters. The Hall–Kier alpha value is -1.46. The van der Waals surface area contributed by atoms with Gasteiger partial charge in [0.15, 0.2) is 0 Å². The quantitative estimate of drug-likeness (QED) is 0.0346. The van der Waals surface area contributed by atoms with Crippen LogP contribution in [0.1, 0.15) is 148 Å². The SMILES string of the molecule is CCCCC/C=C\C/C=C\CCCCCCCCN(CCCCCCCCCC=O)CCOC(=O)CCCN(C)C. The minimum Gasteiger partial charge on any atom is -0.464 e. The molecule has 0 aliphatic rings. The molecule has 5 nitrogen and oxygen atoms in total. The summed E-state index contributed by atoms with van der Waals surface area (Å²) in [6.07, 6.45) is 36.3. The molecule has 0 amide bonds. The van der Waals surface area contributed by atoms with Gasteiger partial charge in [-0.25, -0.2) is 0 Å². The number of nitrogens with zero attached hydrogens (tertiary/aromatic N) is 2. The van der Waals surface area contributed by atoms with Crippen LogP contribution in [0, 0.1) is 0 Å². The molecule has 0 spiro atoms. The van der Waals surface area contributed by atoms with E-state index in [2.05, 4.69) is 41.0 Å². The van der Waals surface area contributed by atoms with Crippen LogP contribution >= 0.6 is 0 Å². The van der Waals surface area contributed by atoms with E-state index in [1.54, 1.807) is 0 Å². The summed E-state index contributed by atoms with van der Waals surface area (Å²) in [5.41, 5.74) is 0. The van der Waals surface area contributed by atoms with Crippen molar-refractivity contribution in [2.24, 2.45) is 0 Å². The van der Waals surface area contributed by atoms with Gasteiger partial charge in [-0.1, -0.05) is 102 Å². The fourth-order valence-electron chi connectivity index (χ4n) is 5.01. The molecule has 5 heteroatoms. The van der Waals surface area contributed by atoms with Crippen molar-refractivity contribution in [1.82, 2.24) is 9.80 Å². The zero-order valence-electron chi connectivity index (χ0n) is 27.6. The Balaban J connectivity index is 4.01. The third kappa shape index (κ3) is 32.9. The molecule has 0 heterocycles. The van der Waals surface area contributed by atoms with Crippen LogP contribution in [0.15, 0.2) is 24.3 Å². The molecule has 41 heavy (non-hydrogen) atoms. The summed E-state index contributed by atoms with van der Waals surface area (Å²) >= 11 is 0. The van der Waals surface area contributed by atoms with Gasteiger partial charge in [0.2, 0.25) is 0 Å². The Bertz CT molecular complexity index is 618. The van der Waals surface area contributed by atoms with Gasteiger partial charge in [-0.05, 0) is 91.5 Å². The van der Waals surface area contributed by atoms with Gasteiger partial charge in [-0.15, -0.1) is 0 Å². The highest BCUT2D eigenvalue weighted by molar-refractivity contribution is 5.69. The number of esters is 1. The molecule has 0 aliphatic carbocycles. The summed E-state index contributed by atoms with van der Waals surface area (Å²) < 4.78 is 5.55. The maximum Gasteiger partial charge on any atom is 0.305 e. The van der Waals surface area contributed by atoms with Gasteiger partial charge < -0.3 is 14.4 Å². The van der Waals surface area contributed by atoms with Crippen molar-refractivity contribution in [2.45, 2.75) is 148 Å². The molecule has 0 N–H and O–H groups in total. The van der Waals surface area contributed by atoms with Crippen LogP contribution < -0.4 is 0 Å². The first kappa shape index (κ1) is 39.5. The number of ether oxygens (including phenoxy) is 1. The summed E-state index contributed by atoms with van der Waals surface area (Å²) in [6, 6.07) is 0. The topological polar surface area (TPSA) is 49.9 Å². The average Bonchev–Trinajstić information content (AvgIpc) is 2.95. The summed E-state index contributed by atoms with van der Waals surface area (Å²) in [5.74, 6) is -0.0601. The summed E-state index contributed by atoms with van der Waals surface area (Å²) in [7, 11) is 4.07. The molecule has 0 aromatic heterocycles. The van der Waals surface area contributed by atoms with E-state index < -0.39 is 0 Å². The van der Waals surface area contributed by atoms with Crippen LogP contribution in [0.25, 0.3) is 0 Å². The predicted molar refractivity (Wildman–Crippen MR) is 178 cm³/mol. The molecule has 0 radical (unpaired) electrons. The van der Waals surface area contributed by atoms with Crippen molar-refractivity contribution in [1.29, 1.82) is 0 Å². The fourth-order valence-corrected chi connectivity index (χ4v) is 5.01. The van der Waals surface area contributed by atoms with E-state index in [9.17, 15) is 9.59 Å². The Morgan fingerprint density at radius 2 is 1.10 bits per heavy atom. The van der Waals surface area contributed by atoms with Gasteiger partial charge in [-0.2, -0.15) is 0 Å². The van der Waals surface area contributed by atoms with Crippen molar-refractivity contribution >= 4 is 12.3 Å². The third-order valence-electron chi connectivity index (χ3n) is 7.63. The van der Waals surface area contributed by atoms with E-state index in [0.717, 1.165) is 51.7 Å². The standard InChI is InChI=1S/C36H68N2O3/c1-4-5-6-7-8-9-10-11-12-13-14-15-16-19-22-25-31-38(32-26-23-20-17-18-21-24-27-34-39)33-35-41-36(40)29-28-30-37(2)3/h8-9,11-12,34H,4-7,10,13-33,35H2,1-3H3/b9-8-,12-11-. The molecule has 0 aromatic rings. The normalized spacial score (nSPS) is 11.9. The first-order chi connectivity index (χ1) is 20.1. The lowest BCUT2D eigenvalue weighted by atomic mass is 10.1. The highest BCUT2D eigenvalue weighted by Crippen LogP contribution is 2.11. The molecule has 0 rings (SSSR count). The second-order valence-electron chi connectivity index (χ2n) is 12.0. The molecular weight excluding hydrogens is 508 g/mol. The smallest absolute Gasteiger partial charge is 0.305 e. The average molecular weight is 577 g/mol. The molecule has 0 unspecified atom stereocenters. The van der Waals surface area contributed by atoms with E-state index in [4.69, 9.17) is 4.74 Å². The summed E-state index contributed by atoms with van der Waals surface area (Å²) in [6.45, 7) is 6.76. The second kappa shape index (κ2) is 33.0. The summed E-state index contributed by atoms with van der Waals surface area (Å²) in [4.78, 5) is 27.1. The van der Waals surface area contributed by atoms with Crippen LogP contribution in [0.3, 0.4) is 0 Å². The first-order valence-corrected chi connectivity index (χ1v) is 17.4. The van der Waals surface area contributed by atoms with Crippen molar-refractivity contribution in [3.63, 3.8) is 0 Å². The highest BCUT2D eigenvalue weighted by Gasteiger charge is 2.08. The first-order valence-electron chi connectivity index (χ1n) is 17.4. The van der Waals surface area contributed by atoms with Crippen LogP contribution in [-0.4, -0.2) is 68.9 Å². The number of aldehydes is 1. The number of rotatable bonds is 32. The van der Waals surface area contributed by atoms with E-state index in [1.165, 1.54) is 109 Å². The number of unbranched alkanes of at least 4 members (excludes halogenated alkanes) is 16. The van der Waals surface area contributed by atoms with E-state index in [1.807, 2.05) is 14.1 Å². The Kier molecular flexibility index (Phi) is 31.9. The zero-order valence-corrected chi connectivity index (χ0v) is 27.6. The van der Waals surface area contributed by atoms with Crippen molar-refractivity contribution < 1.29 is 14.3 Å². The maximum atomic E-state index is 12.1. The number of carbonyl (C=O) groups excluding carboxylic acids is 2. The van der Waals surface area contributed by atoms with E-state index in [-0.39, 0.29) is 5.97 Å². The lowest BCUT2D eigenvalue weighted by Crippen LogP contribution is -2.30. The van der Waals surface area contributed by atoms with Crippen LogP contribution in [0.5, 0.6) is 0 Å². The van der Waals surface area contributed by atoms with Crippen molar-refractivity contribution in [3.8, 4) is 0 Å². The molecule has 0 aliphatic heterocycles. The number of carbonyl (C=O) groups is 2. The van der Waals surface area contributed by atoms with Gasteiger partial charge in [0.25, 0.3) is 0 Å². The molecule has 0 saturated heterocycles. The zero-order chi connectivity index (χ0) is 30.1. The maximum absolute atomic E-state index is 12.1. The number of hydrogen-bond donors (Lipinski definition) is 0. The third-order valence-corrected chi connectivity index (χ3v) is 7.63. The lowest BCUT2D eigenvalue weighted by molar-refractivity contribution is -0.144. The Labute approximate surface area is 255 Å². The van der Waals surface area contributed by atoms with E-state index >= 15 is 0 Å². The molecule has 0 saturated carbocycles. The highest BCUT2D eigenvalue weighted by atomic mass is 16.5. The largest absolute Gasteiger partial charge is 0.464 e. The van der Waals surface area contributed by atoms with Crippen molar-refractivity contribution in [3.05, 3.63) is 24.3 Å². The van der Waals surface area contributed by atoms with Crippen LogP contribution in [0.2, 0.25) is 0 Å². The van der Waals surface area contributed by atoms with Gasteiger partial charge in [0, 0.05) is 19.4 Å². The van der Waals surface area contributed by atoms with Gasteiger partial charge in [-0.3, -0.25) is 9.69 Å². The fraction of sp³-hybridized carbons (Fsp3) is 0.833. The lowest BCUT2D eigenvalue weighted by Gasteiger charge is -2.22. The monoisotopic (exact) mass is 577 g/mol. The minimum atomic E-state index is -0.0601. The predicted octanol–water partition coefficient (Wildman–Crippen LogP) is 9.31. The number of hydrogen-bond acceptors (Lipinski definition) is 5.